The number of aromatic nitrogens is 3. The van der Waals surface area contributed by atoms with Gasteiger partial charge in [-0.25, -0.2) is 9.78 Å². The molecule has 0 spiro atoms. The Morgan fingerprint density at radius 2 is 2.32 bits per heavy atom. The number of carbonyl (C=O) groups is 1. The van der Waals surface area contributed by atoms with Crippen LogP contribution in [-0.2, 0) is 12.2 Å². The van der Waals surface area contributed by atoms with Crippen LogP contribution in [0.2, 0.25) is 0 Å². The largest absolute Gasteiger partial charge is 0.477 e. The molecule has 2 N–H and O–H groups in total. The van der Waals surface area contributed by atoms with Crippen LogP contribution in [0.5, 0.6) is 0 Å². The molecule has 19 heavy (non-hydrogen) atoms. The molecule has 2 aromatic rings. The summed E-state index contributed by atoms with van der Waals surface area (Å²) in [6.07, 6.45) is 0.885. The average Bonchev–Trinajstić information content (AvgIpc) is 2.94. The lowest BCUT2D eigenvalue weighted by Crippen LogP contribution is -1.95. The molecule has 5 nitrogen and oxygen atoms in total. The third kappa shape index (κ3) is 4.07. The molecule has 0 aliphatic carbocycles. The summed E-state index contributed by atoms with van der Waals surface area (Å²) in [5, 5.41) is 16.6. The summed E-state index contributed by atoms with van der Waals surface area (Å²) in [7, 11) is 0. The van der Waals surface area contributed by atoms with Gasteiger partial charge in [0.15, 0.2) is 0 Å². The maximum atomic E-state index is 10.8. The first kappa shape index (κ1) is 14.1. The van der Waals surface area contributed by atoms with E-state index < -0.39 is 5.97 Å². The van der Waals surface area contributed by atoms with Crippen molar-refractivity contribution in [3.05, 3.63) is 27.7 Å². The fraction of sp³-hybridized carbons (Fsp3) is 0.417. The van der Waals surface area contributed by atoms with Gasteiger partial charge in [-0.1, -0.05) is 25.6 Å². The highest BCUT2D eigenvalue weighted by Crippen LogP contribution is 2.25. The van der Waals surface area contributed by atoms with Gasteiger partial charge in [-0.15, -0.1) is 16.4 Å². The topological polar surface area (TPSA) is 78.9 Å². The van der Waals surface area contributed by atoms with Crippen LogP contribution in [-0.4, -0.2) is 26.3 Å². The number of H-pyrrole nitrogens is 1. The Kier molecular flexibility index (Phi) is 4.60. The highest BCUT2D eigenvalue weighted by atomic mass is 32.2. The predicted molar refractivity (Wildman–Crippen MR) is 75.8 cm³/mol. The first-order valence-corrected chi connectivity index (χ1v) is 7.71. The van der Waals surface area contributed by atoms with Gasteiger partial charge in [0.1, 0.15) is 10.7 Å². The van der Waals surface area contributed by atoms with E-state index in [0.717, 1.165) is 17.1 Å². The van der Waals surface area contributed by atoms with Crippen molar-refractivity contribution >= 4 is 29.1 Å². The number of hydrogen-bond acceptors (Lipinski definition) is 5. The average molecular weight is 297 g/mol. The van der Waals surface area contributed by atoms with Crippen molar-refractivity contribution in [1.82, 2.24) is 15.2 Å². The number of thiophene rings is 1. The molecular formula is C12H15N3O2S2. The zero-order valence-corrected chi connectivity index (χ0v) is 12.3. The zero-order chi connectivity index (χ0) is 13.8. The summed E-state index contributed by atoms with van der Waals surface area (Å²) in [6, 6.07) is 3.47. The minimum absolute atomic E-state index is 0.367. The summed E-state index contributed by atoms with van der Waals surface area (Å²) in [4.78, 5) is 16.5. The van der Waals surface area contributed by atoms with Crippen molar-refractivity contribution in [1.29, 1.82) is 0 Å². The van der Waals surface area contributed by atoms with Crippen molar-refractivity contribution in [2.45, 2.75) is 31.2 Å². The van der Waals surface area contributed by atoms with E-state index >= 15 is 0 Å². The third-order valence-corrected chi connectivity index (χ3v) is 4.48. The Bertz CT molecular complexity index is 563. The van der Waals surface area contributed by atoms with Crippen LogP contribution in [0.15, 0.2) is 17.3 Å². The van der Waals surface area contributed by atoms with Gasteiger partial charge in [-0.05, 0) is 18.1 Å². The van der Waals surface area contributed by atoms with Crippen LogP contribution in [0.25, 0.3) is 0 Å². The molecule has 0 unspecified atom stereocenters. The van der Waals surface area contributed by atoms with Gasteiger partial charge in [0, 0.05) is 17.1 Å². The lowest BCUT2D eigenvalue weighted by molar-refractivity contribution is 0.0702. The van der Waals surface area contributed by atoms with Crippen molar-refractivity contribution < 1.29 is 9.90 Å². The number of thioether (sulfide) groups is 1. The summed E-state index contributed by atoms with van der Waals surface area (Å²) in [6.45, 7) is 4.27. The third-order valence-electron chi connectivity index (χ3n) is 2.33. The zero-order valence-electron chi connectivity index (χ0n) is 10.7. The maximum Gasteiger partial charge on any atom is 0.345 e. The van der Waals surface area contributed by atoms with E-state index in [1.807, 2.05) is 6.07 Å². The van der Waals surface area contributed by atoms with Crippen LogP contribution in [0.4, 0.5) is 0 Å². The lowest BCUT2D eigenvalue weighted by atomic mass is 10.1. The fourth-order valence-electron chi connectivity index (χ4n) is 1.53. The molecule has 0 amide bonds. The summed E-state index contributed by atoms with van der Waals surface area (Å²) in [5.41, 5.74) is 0. The number of nitrogens with zero attached hydrogens (tertiary/aromatic N) is 2. The first-order valence-electron chi connectivity index (χ1n) is 5.90. The number of aromatic amines is 1. The van der Waals surface area contributed by atoms with Crippen molar-refractivity contribution in [2.24, 2.45) is 5.92 Å². The quantitative estimate of drug-likeness (QED) is 0.801. The number of hydrogen-bond donors (Lipinski definition) is 2. The van der Waals surface area contributed by atoms with E-state index in [0.29, 0.717) is 21.7 Å². The van der Waals surface area contributed by atoms with E-state index in [-0.39, 0.29) is 0 Å². The second kappa shape index (κ2) is 6.21. The normalized spacial score (nSPS) is 11.1. The highest BCUT2D eigenvalue weighted by Gasteiger charge is 2.09. The molecule has 0 saturated carbocycles. The molecule has 0 aromatic carbocycles. The van der Waals surface area contributed by atoms with Crippen LogP contribution < -0.4 is 0 Å². The lowest BCUT2D eigenvalue weighted by Gasteiger charge is -1.97. The van der Waals surface area contributed by atoms with E-state index in [9.17, 15) is 4.79 Å². The predicted octanol–water partition coefficient (Wildman–Crippen LogP) is 3.06. The molecule has 0 fully saturated rings. The maximum absolute atomic E-state index is 10.8. The molecule has 0 aliphatic rings. The summed E-state index contributed by atoms with van der Waals surface area (Å²) in [5.74, 6) is 1.26. The van der Waals surface area contributed by atoms with Gasteiger partial charge in [0.2, 0.25) is 5.16 Å². The minimum Gasteiger partial charge on any atom is -0.477 e. The van der Waals surface area contributed by atoms with E-state index in [4.69, 9.17) is 5.11 Å². The van der Waals surface area contributed by atoms with Crippen molar-refractivity contribution in [3.63, 3.8) is 0 Å². The Hall–Kier alpha value is -1.34. The molecule has 0 radical (unpaired) electrons. The van der Waals surface area contributed by atoms with E-state index in [1.165, 1.54) is 23.1 Å². The molecule has 0 atom stereocenters. The molecule has 0 bridgehead atoms. The minimum atomic E-state index is -0.877. The van der Waals surface area contributed by atoms with E-state index in [2.05, 4.69) is 29.0 Å². The molecule has 0 aliphatic heterocycles. The number of rotatable bonds is 6. The van der Waals surface area contributed by atoms with Crippen LogP contribution >= 0.6 is 23.1 Å². The monoisotopic (exact) mass is 297 g/mol. The van der Waals surface area contributed by atoms with E-state index in [1.54, 1.807) is 6.07 Å². The molecule has 2 aromatic heterocycles. The Balaban J connectivity index is 1.90. The van der Waals surface area contributed by atoms with Gasteiger partial charge in [-0.2, -0.15) is 0 Å². The standard InChI is InChI=1S/C12H15N3O2S2/c1-7(2)5-10-13-12(15-14-10)18-6-8-3-4-9(19-8)11(16)17/h3-4,7H,5-6H2,1-2H3,(H,16,17)(H,13,14,15). The Morgan fingerprint density at radius 3 is 2.95 bits per heavy atom. The summed E-state index contributed by atoms with van der Waals surface area (Å²) < 4.78 is 0. The Labute approximate surface area is 119 Å². The number of aromatic carboxylic acids is 1. The fourth-order valence-corrected chi connectivity index (χ4v) is 3.23. The SMILES string of the molecule is CC(C)Cc1nc(SCc2ccc(C(=O)O)s2)n[nH]1. The van der Waals surface area contributed by atoms with Gasteiger partial charge >= 0.3 is 5.97 Å². The van der Waals surface area contributed by atoms with Gasteiger partial charge < -0.3 is 5.11 Å². The van der Waals surface area contributed by atoms with Crippen molar-refractivity contribution in [2.75, 3.05) is 0 Å². The number of carboxylic acids is 1. The highest BCUT2D eigenvalue weighted by molar-refractivity contribution is 7.98. The van der Waals surface area contributed by atoms with Crippen LogP contribution in [0.3, 0.4) is 0 Å². The van der Waals surface area contributed by atoms with Crippen molar-refractivity contribution in [3.8, 4) is 0 Å². The van der Waals surface area contributed by atoms with Crippen LogP contribution in [0.1, 0.15) is 34.2 Å². The van der Waals surface area contributed by atoms with Gasteiger partial charge in [-0.3, -0.25) is 5.10 Å². The van der Waals surface area contributed by atoms with Gasteiger partial charge in [0.05, 0.1) is 0 Å². The molecule has 102 valence electrons. The molecule has 7 heteroatoms. The second-order valence-electron chi connectivity index (χ2n) is 4.52. The first-order chi connectivity index (χ1) is 9.04. The molecule has 0 saturated heterocycles. The molecule has 2 heterocycles. The molecule has 2 rings (SSSR count). The summed E-state index contributed by atoms with van der Waals surface area (Å²) >= 11 is 2.80. The number of nitrogens with one attached hydrogen (secondary N) is 1. The van der Waals surface area contributed by atoms with Gasteiger partial charge in [0.25, 0.3) is 0 Å². The molecular weight excluding hydrogens is 282 g/mol. The smallest absolute Gasteiger partial charge is 0.345 e. The Morgan fingerprint density at radius 1 is 1.53 bits per heavy atom. The van der Waals surface area contributed by atoms with Crippen LogP contribution in [0, 0.1) is 5.92 Å². The number of carboxylic acid groups (broad SMARTS) is 1. The second-order valence-corrected chi connectivity index (χ2v) is 6.63.